The van der Waals surface area contributed by atoms with Crippen molar-refractivity contribution in [1.82, 2.24) is 13.9 Å². The van der Waals surface area contributed by atoms with Crippen molar-refractivity contribution in [2.24, 2.45) is 5.92 Å². The Hall–Kier alpha value is -0.660. The Labute approximate surface area is 134 Å². The first-order chi connectivity index (χ1) is 10.2. The summed E-state index contributed by atoms with van der Waals surface area (Å²) in [7, 11) is -0.274. The molecule has 2 aliphatic rings. The molecule has 0 unspecified atom stereocenters. The molecule has 1 aliphatic carbocycles. The van der Waals surface area contributed by atoms with Crippen LogP contribution in [0.2, 0.25) is 0 Å². The molecule has 128 valence electrons. The molecule has 1 saturated carbocycles. The third-order valence-electron chi connectivity index (χ3n) is 4.99. The van der Waals surface area contributed by atoms with Crippen LogP contribution in [0.25, 0.3) is 0 Å². The third kappa shape index (κ3) is 4.00. The second-order valence-corrected chi connectivity index (χ2v) is 9.22. The average Bonchev–Trinajstić information content (AvgIpc) is 2.47. The fraction of sp³-hybridized carbons (Fsp3) is 0.933. The summed E-state index contributed by atoms with van der Waals surface area (Å²) in [4.78, 5) is 12.5. The van der Waals surface area contributed by atoms with Gasteiger partial charge in [0.2, 0.25) is 5.91 Å². The van der Waals surface area contributed by atoms with Crippen molar-refractivity contribution in [2.75, 3.05) is 27.2 Å². The zero-order valence-electron chi connectivity index (χ0n) is 14.0. The number of amides is 1. The largest absolute Gasteiger partial charge is 0.351 e. The lowest BCUT2D eigenvalue weighted by atomic mass is 9.82. The van der Waals surface area contributed by atoms with Gasteiger partial charge in [-0.05, 0) is 32.6 Å². The van der Waals surface area contributed by atoms with Gasteiger partial charge in [0.05, 0.1) is 0 Å². The van der Waals surface area contributed by atoms with E-state index in [0.717, 1.165) is 12.8 Å². The lowest BCUT2D eigenvalue weighted by molar-refractivity contribution is -0.128. The zero-order valence-corrected chi connectivity index (χ0v) is 14.8. The number of hydrogen-bond acceptors (Lipinski definition) is 3. The monoisotopic (exact) mass is 331 g/mol. The van der Waals surface area contributed by atoms with Gasteiger partial charge in [0.25, 0.3) is 10.2 Å². The molecule has 0 atom stereocenters. The third-order valence-corrected chi connectivity index (χ3v) is 6.94. The Morgan fingerprint density at radius 1 is 1.14 bits per heavy atom. The molecular formula is C15H29N3O3S. The van der Waals surface area contributed by atoms with Gasteiger partial charge in [0, 0.05) is 38.6 Å². The fourth-order valence-corrected chi connectivity index (χ4v) is 4.57. The van der Waals surface area contributed by atoms with E-state index in [-0.39, 0.29) is 17.4 Å². The second kappa shape index (κ2) is 6.84. The van der Waals surface area contributed by atoms with E-state index in [9.17, 15) is 13.2 Å². The topological polar surface area (TPSA) is 69.7 Å². The number of nitrogens with one attached hydrogen (secondary N) is 1. The van der Waals surface area contributed by atoms with E-state index in [1.807, 2.05) is 0 Å². The van der Waals surface area contributed by atoms with Crippen molar-refractivity contribution >= 4 is 16.1 Å². The molecule has 0 aromatic carbocycles. The molecule has 0 aromatic rings. The van der Waals surface area contributed by atoms with Crippen LogP contribution in [0.1, 0.15) is 51.9 Å². The predicted molar refractivity (Wildman–Crippen MR) is 86.5 cm³/mol. The predicted octanol–water partition coefficient (Wildman–Crippen LogP) is 1.34. The van der Waals surface area contributed by atoms with Crippen LogP contribution in [0.5, 0.6) is 0 Å². The van der Waals surface area contributed by atoms with Gasteiger partial charge < -0.3 is 5.32 Å². The lowest BCUT2D eigenvalue weighted by Gasteiger charge is -2.37. The minimum Gasteiger partial charge on any atom is -0.351 e. The maximum Gasteiger partial charge on any atom is 0.281 e. The number of rotatable bonds is 4. The van der Waals surface area contributed by atoms with Gasteiger partial charge >= 0.3 is 0 Å². The van der Waals surface area contributed by atoms with E-state index in [2.05, 4.69) is 12.2 Å². The highest BCUT2D eigenvalue weighted by molar-refractivity contribution is 7.86. The summed E-state index contributed by atoms with van der Waals surface area (Å²) in [5.41, 5.74) is -0.0673. The summed E-state index contributed by atoms with van der Waals surface area (Å²) in [5, 5.41) is 3.22. The van der Waals surface area contributed by atoms with Gasteiger partial charge in [-0.1, -0.05) is 19.3 Å². The molecule has 2 rings (SSSR count). The second-order valence-electron chi connectivity index (χ2n) is 7.07. The summed E-state index contributed by atoms with van der Waals surface area (Å²) in [6.07, 6.45) is 6.92. The van der Waals surface area contributed by atoms with Crippen LogP contribution >= 0.6 is 0 Å². The highest BCUT2D eigenvalue weighted by Crippen LogP contribution is 2.29. The maximum absolute atomic E-state index is 12.5. The van der Waals surface area contributed by atoms with Crippen molar-refractivity contribution in [3.63, 3.8) is 0 Å². The van der Waals surface area contributed by atoms with Crippen LogP contribution in [0.4, 0.5) is 0 Å². The molecular weight excluding hydrogens is 302 g/mol. The molecule has 0 aromatic heterocycles. The summed E-state index contributed by atoms with van der Waals surface area (Å²) in [5.74, 6) is 0.0404. The average molecular weight is 331 g/mol. The molecule has 1 N–H and O–H groups in total. The van der Waals surface area contributed by atoms with Gasteiger partial charge in [0.1, 0.15) is 0 Å². The number of carbonyl (C=O) groups excluding carboxylic acids is 1. The van der Waals surface area contributed by atoms with Crippen molar-refractivity contribution < 1.29 is 13.2 Å². The molecule has 1 heterocycles. The van der Waals surface area contributed by atoms with Crippen LogP contribution in [0.3, 0.4) is 0 Å². The van der Waals surface area contributed by atoms with Crippen LogP contribution in [0, 0.1) is 5.92 Å². The molecule has 0 spiro atoms. The zero-order chi connectivity index (χ0) is 16.4. The van der Waals surface area contributed by atoms with Crippen molar-refractivity contribution in [2.45, 2.75) is 57.4 Å². The van der Waals surface area contributed by atoms with Crippen molar-refractivity contribution in [3.05, 3.63) is 0 Å². The molecule has 0 bridgehead atoms. The Balaban J connectivity index is 1.87. The summed E-state index contributed by atoms with van der Waals surface area (Å²) < 4.78 is 26.9. The standard InChI is InChI=1S/C15H29N3O3S/c1-15(9-5-4-6-10-15)16-14(19)13-7-11-18(12-8-13)22(20,21)17(2)3/h13H,4-12H2,1-3H3,(H,16,19). The number of piperidine rings is 1. The number of hydrogen-bond donors (Lipinski definition) is 1. The summed E-state index contributed by atoms with van der Waals surface area (Å²) in [6.45, 7) is 2.99. The molecule has 1 saturated heterocycles. The Bertz CT molecular complexity index is 490. The molecule has 22 heavy (non-hydrogen) atoms. The van der Waals surface area contributed by atoms with E-state index in [0.29, 0.717) is 25.9 Å². The lowest BCUT2D eigenvalue weighted by Crippen LogP contribution is -2.52. The van der Waals surface area contributed by atoms with Gasteiger partial charge in [-0.25, -0.2) is 0 Å². The quantitative estimate of drug-likeness (QED) is 0.845. The van der Waals surface area contributed by atoms with Gasteiger partial charge in [0.15, 0.2) is 0 Å². The first kappa shape index (κ1) is 17.7. The van der Waals surface area contributed by atoms with Crippen molar-refractivity contribution in [1.29, 1.82) is 0 Å². The Morgan fingerprint density at radius 2 is 1.68 bits per heavy atom. The van der Waals surface area contributed by atoms with E-state index in [1.54, 1.807) is 0 Å². The minimum absolute atomic E-state index is 0.0626. The highest BCUT2D eigenvalue weighted by Gasteiger charge is 2.35. The normalized spacial score (nSPS) is 24.4. The highest BCUT2D eigenvalue weighted by atomic mass is 32.2. The fourth-order valence-electron chi connectivity index (χ4n) is 3.44. The maximum atomic E-state index is 12.5. The van der Waals surface area contributed by atoms with Crippen molar-refractivity contribution in [3.8, 4) is 0 Å². The molecule has 0 radical (unpaired) electrons. The SMILES string of the molecule is CN(C)S(=O)(=O)N1CCC(C(=O)NC2(C)CCCCC2)CC1. The first-order valence-electron chi connectivity index (χ1n) is 8.24. The van der Waals surface area contributed by atoms with Crippen LogP contribution in [0.15, 0.2) is 0 Å². The van der Waals surface area contributed by atoms with E-state index in [4.69, 9.17) is 0 Å². The summed E-state index contributed by atoms with van der Waals surface area (Å²) in [6, 6.07) is 0. The Morgan fingerprint density at radius 3 is 2.18 bits per heavy atom. The summed E-state index contributed by atoms with van der Waals surface area (Å²) >= 11 is 0. The minimum atomic E-state index is -3.35. The van der Waals surface area contributed by atoms with E-state index in [1.165, 1.54) is 42.0 Å². The van der Waals surface area contributed by atoms with Crippen LogP contribution in [-0.2, 0) is 15.0 Å². The molecule has 1 amide bonds. The Kier molecular flexibility index (Phi) is 5.50. The van der Waals surface area contributed by atoms with Crippen LogP contribution < -0.4 is 5.32 Å². The molecule has 2 fully saturated rings. The number of nitrogens with zero attached hydrogens (tertiary/aromatic N) is 2. The molecule has 1 aliphatic heterocycles. The smallest absolute Gasteiger partial charge is 0.281 e. The van der Waals surface area contributed by atoms with Gasteiger partial charge in [-0.15, -0.1) is 0 Å². The van der Waals surface area contributed by atoms with Gasteiger partial charge in [-0.3, -0.25) is 4.79 Å². The molecule has 7 heteroatoms. The number of carbonyl (C=O) groups is 1. The van der Waals surface area contributed by atoms with E-state index >= 15 is 0 Å². The van der Waals surface area contributed by atoms with Gasteiger partial charge in [-0.2, -0.15) is 17.0 Å². The van der Waals surface area contributed by atoms with Crippen LogP contribution in [-0.4, -0.2) is 55.7 Å². The van der Waals surface area contributed by atoms with E-state index < -0.39 is 10.2 Å². The first-order valence-corrected chi connectivity index (χ1v) is 9.64. The molecule has 6 nitrogen and oxygen atoms in total.